The highest BCUT2D eigenvalue weighted by molar-refractivity contribution is 4.80. The summed E-state index contributed by atoms with van der Waals surface area (Å²) in [4.78, 5) is 5.04. The molecule has 0 bridgehead atoms. The number of hydrogen-bond acceptors (Lipinski definition) is 3. The first-order chi connectivity index (χ1) is 9.72. The van der Waals surface area contributed by atoms with E-state index in [9.17, 15) is 5.11 Å². The van der Waals surface area contributed by atoms with E-state index in [1.165, 1.54) is 71.2 Å². The van der Waals surface area contributed by atoms with E-state index in [2.05, 4.69) is 23.8 Å². The third-order valence-corrected chi connectivity index (χ3v) is 5.58. The van der Waals surface area contributed by atoms with Crippen LogP contribution in [0.3, 0.4) is 0 Å². The third-order valence-electron chi connectivity index (χ3n) is 5.58. The minimum absolute atomic E-state index is 0.400. The van der Waals surface area contributed by atoms with E-state index in [0.717, 1.165) is 11.8 Å². The molecule has 0 aliphatic carbocycles. The summed E-state index contributed by atoms with van der Waals surface area (Å²) in [5.74, 6) is 2.12. The van der Waals surface area contributed by atoms with E-state index >= 15 is 0 Å². The van der Waals surface area contributed by atoms with Crippen molar-refractivity contribution < 1.29 is 5.11 Å². The van der Waals surface area contributed by atoms with Crippen molar-refractivity contribution >= 4 is 0 Å². The normalized spacial score (nSPS) is 31.9. The Hall–Kier alpha value is -0.120. The summed E-state index contributed by atoms with van der Waals surface area (Å²) >= 11 is 0. The molecule has 0 radical (unpaired) electrons. The smallest absolute Gasteiger partial charge is 0.0462 e. The van der Waals surface area contributed by atoms with Crippen LogP contribution in [0.2, 0.25) is 0 Å². The van der Waals surface area contributed by atoms with Gasteiger partial charge in [-0.05, 0) is 89.5 Å². The van der Waals surface area contributed by atoms with Gasteiger partial charge in [0.1, 0.15) is 0 Å². The summed E-state index contributed by atoms with van der Waals surface area (Å²) in [5, 5.41) is 9.86. The zero-order valence-electron chi connectivity index (χ0n) is 13.6. The SMILES string of the molecule is CCN1CCCC(CC(CO)C2CCCN(C)CC2)C1. The lowest BCUT2D eigenvalue weighted by Gasteiger charge is -2.35. The second-order valence-corrected chi connectivity index (χ2v) is 7.07. The molecule has 0 spiro atoms. The molecule has 2 aliphatic heterocycles. The lowest BCUT2D eigenvalue weighted by atomic mass is 9.79. The van der Waals surface area contributed by atoms with Gasteiger partial charge < -0.3 is 14.9 Å². The summed E-state index contributed by atoms with van der Waals surface area (Å²) in [6.45, 7) is 8.86. The Kier molecular flexibility index (Phi) is 6.79. The highest BCUT2D eigenvalue weighted by Gasteiger charge is 2.28. The Bertz CT molecular complexity index is 272. The molecule has 0 aromatic carbocycles. The maximum atomic E-state index is 9.86. The van der Waals surface area contributed by atoms with Crippen LogP contribution in [-0.2, 0) is 0 Å². The van der Waals surface area contributed by atoms with E-state index in [1.807, 2.05) is 0 Å². The van der Waals surface area contributed by atoms with Crippen molar-refractivity contribution in [1.29, 1.82) is 0 Å². The maximum Gasteiger partial charge on any atom is 0.0462 e. The highest BCUT2D eigenvalue weighted by Crippen LogP contribution is 2.32. The number of piperidine rings is 1. The van der Waals surface area contributed by atoms with Crippen molar-refractivity contribution in [3.05, 3.63) is 0 Å². The van der Waals surface area contributed by atoms with Gasteiger partial charge in [-0.3, -0.25) is 0 Å². The van der Waals surface area contributed by atoms with Crippen LogP contribution in [0.4, 0.5) is 0 Å². The van der Waals surface area contributed by atoms with Gasteiger partial charge in [0, 0.05) is 13.2 Å². The molecule has 3 unspecified atom stereocenters. The van der Waals surface area contributed by atoms with Gasteiger partial charge in [0.05, 0.1) is 0 Å². The molecular formula is C17H34N2O. The van der Waals surface area contributed by atoms with E-state index in [4.69, 9.17) is 0 Å². The van der Waals surface area contributed by atoms with Crippen LogP contribution in [-0.4, -0.2) is 61.3 Å². The van der Waals surface area contributed by atoms with Crippen LogP contribution in [0.25, 0.3) is 0 Å². The summed E-state index contributed by atoms with van der Waals surface area (Å²) < 4.78 is 0. The van der Waals surface area contributed by atoms with Crippen molar-refractivity contribution in [1.82, 2.24) is 9.80 Å². The average molecular weight is 282 g/mol. The molecule has 2 saturated heterocycles. The molecule has 1 N–H and O–H groups in total. The Morgan fingerprint density at radius 3 is 2.65 bits per heavy atom. The molecule has 2 rings (SSSR count). The zero-order chi connectivity index (χ0) is 14.4. The molecule has 20 heavy (non-hydrogen) atoms. The first kappa shape index (κ1) is 16.3. The average Bonchev–Trinajstić information content (AvgIpc) is 2.70. The maximum absolute atomic E-state index is 9.86. The fourth-order valence-electron chi connectivity index (χ4n) is 4.21. The number of nitrogens with zero attached hydrogens (tertiary/aromatic N) is 2. The predicted molar refractivity (Wildman–Crippen MR) is 84.9 cm³/mol. The van der Waals surface area contributed by atoms with E-state index in [0.29, 0.717) is 12.5 Å². The summed E-state index contributed by atoms with van der Waals surface area (Å²) in [6.07, 6.45) is 7.89. The van der Waals surface area contributed by atoms with Gasteiger partial charge in [-0.1, -0.05) is 6.92 Å². The van der Waals surface area contributed by atoms with Crippen LogP contribution in [0.15, 0.2) is 0 Å². The van der Waals surface area contributed by atoms with E-state index < -0.39 is 0 Å². The van der Waals surface area contributed by atoms with E-state index in [1.54, 1.807) is 0 Å². The van der Waals surface area contributed by atoms with Crippen LogP contribution in [0.5, 0.6) is 0 Å². The third kappa shape index (κ3) is 4.71. The van der Waals surface area contributed by atoms with Gasteiger partial charge in [0.15, 0.2) is 0 Å². The Morgan fingerprint density at radius 1 is 1.10 bits per heavy atom. The fourth-order valence-corrected chi connectivity index (χ4v) is 4.21. The van der Waals surface area contributed by atoms with Crippen molar-refractivity contribution in [3.8, 4) is 0 Å². The second-order valence-electron chi connectivity index (χ2n) is 7.07. The first-order valence-electron chi connectivity index (χ1n) is 8.74. The Morgan fingerprint density at radius 2 is 1.90 bits per heavy atom. The molecule has 0 amide bonds. The van der Waals surface area contributed by atoms with Crippen LogP contribution < -0.4 is 0 Å². The first-order valence-corrected chi connectivity index (χ1v) is 8.74. The molecule has 3 atom stereocenters. The quantitative estimate of drug-likeness (QED) is 0.839. The van der Waals surface area contributed by atoms with Crippen molar-refractivity contribution in [2.24, 2.45) is 17.8 Å². The largest absolute Gasteiger partial charge is 0.396 e. The molecule has 2 heterocycles. The minimum Gasteiger partial charge on any atom is -0.396 e. The van der Waals surface area contributed by atoms with E-state index in [-0.39, 0.29) is 0 Å². The molecule has 0 aromatic rings. The van der Waals surface area contributed by atoms with Gasteiger partial charge in [0.2, 0.25) is 0 Å². The number of aliphatic hydroxyl groups is 1. The molecule has 2 fully saturated rings. The molecule has 3 nitrogen and oxygen atoms in total. The molecule has 118 valence electrons. The predicted octanol–water partition coefficient (Wildman–Crippen LogP) is 2.45. The monoisotopic (exact) mass is 282 g/mol. The molecule has 2 aliphatic rings. The molecule has 0 saturated carbocycles. The number of rotatable bonds is 5. The minimum atomic E-state index is 0.400. The number of hydrogen-bond donors (Lipinski definition) is 1. The van der Waals surface area contributed by atoms with Crippen molar-refractivity contribution in [2.75, 3.05) is 46.4 Å². The topological polar surface area (TPSA) is 26.7 Å². The summed E-state index contributed by atoms with van der Waals surface area (Å²) in [7, 11) is 2.23. The molecule has 3 heteroatoms. The Labute approximate surface area is 125 Å². The molecular weight excluding hydrogens is 248 g/mol. The lowest BCUT2D eigenvalue weighted by molar-refractivity contribution is 0.105. The van der Waals surface area contributed by atoms with Gasteiger partial charge in [0.25, 0.3) is 0 Å². The van der Waals surface area contributed by atoms with Gasteiger partial charge in [-0.25, -0.2) is 0 Å². The van der Waals surface area contributed by atoms with Gasteiger partial charge >= 0.3 is 0 Å². The van der Waals surface area contributed by atoms with Crippen molar-refractivity contribution in [3.63, 3.8) is 0 Å². The van der Waals surface area contributed by atoms with Crippen LogP contribution >= 0.6 is 0 Å². The van der Waals surface area contributed by atoms with Crippen LogP contribution in [0, 0.1) is 17.8 Å². The standard InChI is InChI=1S/C17H34N2O/c1-3-19-10-4-6-15(13-19)12-17(14-20)16-7-5-9-18(2)11-8-16/h15-17,20H,3-14H2,1-2H3. The van der Waals surface area contributed by atoms with Crippen molar-refractivity contribution in [2.45, 2.75) is 45.4 Å². The Balaban J connectivity index is 1.84. The number of aliphatic hydroxyl groups excluding tert-OH is 1. The summed E-state index contributed by atoms with van der Waals surface area (Å²) in [5.41, 5.74) is 0. The van der Waals surface area contributed by atoms with Gasteiger partial charge in [-0.15, -0.1) is 0 Å². The molecule has 0 aromatic heterocycles. The lowest BCUT2D eigenvalue weighted by Crippen LogP contribution is -2.37. The second kappa shape index (κ2) is 8.35. The van der Waals surface area contributed by atoms with Gasteiger partial charge in [-0.2, -0.15) is 0 Å². The van der Waals surface area contributed by atoms with Crippen LogP contribution in [0.1, 0.15) is 45.4 Å². The number of likely N-dealkylation sites (tertiary alicyclic amines) is 2. The highest BCUT2D eigenvalue weighted by atomic mass is 16.3. The zero-order valence-corrected chi connectivity index (χ0v) is 13.6. The summed E-state index contributed by atoms with van der Waals surface area (Å²) in [6, 6.07) is 0. The fraction of sp³-hybridized carbons (Fsp3) is 1.00.